The lowest BCUT2D eigenvalue weighted by molar-refractivity contribution is 0.322. The molecular formula is C12H20N2O3S. The lowest BCUT2D eigenvalue weighted by atomic mass is 10.2. The van der Waals surface area contributed by atoms with E-state index in [9.17, 15) is 8.42 Å². The molecule has 0 fully saturated rings. The zero-order valence-electron chi connectivity index (χ0n) is 10.7. The van der Waals surface area contributed by atoms with Gasteiger partial charge in [-0.3, -0.25) is 0 Å². The van der Waals surface area contributed by atoms with E-state index in [1.54, 1.807) is 6.92 Å². The van der Waals surface area contributed by atoms with Crippen molar-refractivity contribution in [3.8, 4) is 5.75 Å². The van der Waals surface area contributed by atoms with Crippen LogP contribution in [0.25, 0.3) is 0 Å². The molecule has 1 aromatic carbocycles. The Bertz CT molecular complexity index is 474. The minimum Gasteiger partial charge on any atom is -0.492 e. The molecular weight excluding hydrogens is 252 g/mol. The standard InChI is InChI=1S/C12H20N2O3S/c1-10-4-3-5-12(8-10)17-7-6-14-18(15,16)11(2)9-13/h3-5,8,11,14H,6-7,9,13H2,1-2H3. The fraction of sp³-hybridized carbons (Fsp3) is 0.500. The summed E-state index contributed by atoms with van der Waals surface area (Å²) in [4.78, 5) is 0. The number of aryl methyl sites for hydroxylation is 1. The van der Waals surface area contributed by atoms with Crippen molar-refractivity contribution >= 4 is 10.0 Å². The molecule has 0 aliphatic rings. The van der Waals surface area contributed by atoms with Gasteiger partial charge < -0.3 is 10.5 Å². The second-order valence-electron chi connectivity index (χ2n) is 4.15. The molecule has 3 N–H and O–H groups in total. The molecule has 0 saturated heterocycles. The summed E-state index contributed by atoms with van der Waals surface area (Å²) in [7, 11) is -3.33. The second kappa shape index (κ2) is 6.72. The third-order valence-electron chi connectivity index (χ3n) is 2.53. The van der Waals surface area contributed by atoms with Crippen molar-refractivity contribution in [1.29, 1.82) is 0 Å². The number of benzene rings is 1. The molecule has 0 bridgehead atoms. The fourth-order valence-corrected chi connectivity index (χ4v) is 2.23. The first-order valence-electron chi connectivity index (χ1n) is 5.83. The molecule has 18 heavy (non-hydrogen) atoms. The van der Waals surface area contributed by atoms with E-state index in [1.165, 1.54) is 0 Å². The molecule has 1 unspecified atom stereocenters. The van der Waals surface area contributed by atoms with Gasteiger partial charge in [0.2, 0.25) is 10.0 Å². The van der Waals surface area contributed by atoms with Crippen molar-refractivity contribution in [1.82, 2.24) is 4.72 Å². The van der Waals surface area contributed by atoms with Gasteiger partial charge in [-0.05, 0) is 31.5 Å². The van der Waals surface area contributed by atoms with E-state index in [0.29, 0.717) is 6.61 Å². The first-order valence-corrected chi connectivity index (χ1v) is 7.38. The quantitative estimate of drug-likeness (QED) is 0.714. The number of sulfonamides is 1. The molecule has 5 nitrogen and oxygen atoms in total. The van der Waals surface area contributed by atoms with E-state index >= 15 is 0 Å². The van der Waals surface area contributed by atoms with Gasteiger partial charge in [0.1, 0.15) is 12.4 Å². The van der Waals surface area contributed by atoms with E-state index < -0.39 is 15.3 Å². The van der Waals surface area contributed by atoms with Gasteiger partial charge in [-0.1, -0.05) is 12.1 Å². The van der Waals surface area contributed by atoms with Crippen molar-refractivity contribution < 1.29 is 13.2 Å². The fourth-order valence-electron chi connectivity index (χ4n) is 1.33. The van der Waals surface area contributed by atoms with E-state index in [1.807, 2.05) is 31.2 Å². The third kappa shape index (κ3) is 4.64. The molecule has 1 aromatic rings. The monoisotopic (exact) mass is 272 g/mol. The first kappa shape index (κ1) is 14.9. The predicted octanol–water partition coefficient (Wildman–Crippen LogP) is 0.640. The molecule has 6 heteroatoms. The van der Waals surface area contributed by atoms with Crippen LogP contribution in [0.1, 0.15) is 12.5 Å². The van der Waals surface area contributed by atoms with Crippen LogP contribution in [0.3, 0.4) is 0 Å². The molecule has 0 aliphatic carbocycles. The molecule has 102 valence electrons. The number of hydrogen-bond acceptors (Lipinski definition) is 4. The van der Waals surface area contributed by atoms with Crippen LogP contribution in [0, 0.1) is 6.92 Å². The van der Waals surface area contributed by atoms with Gasteiger partial charge in [0, 0.05) is 13.1 Å². The Morgan fingerprint density at radius 3 is 2.78 bits per heavy atom. The van der Waals surface area contributed by atoms with Crippen molar-refractivity contribution in [2.45, 2.75) is 19.1 Å². The topological polar surface area (TPSA) is 81.4 Å². The van der Waals surface area contributed by atoms with Gasteiger partial charge in [0.05, 0.1) is 5.25 Å². The van der Waals surface area contributed by atoms with Crippen LogP contribution in [0.5, 0.6) is 5.75 Å². The van der Waals surface area contributed by atoms with Crippen LogP contribution in [0.15, 0.2) is 24.3 Å². The Kier molecular flexibility index (Phi) is 5.58. The SMILES string of the molecule is Cc1cccc(OCCNS(=O)(=O)C(C)CN)c1. The molecule has 0 aliphatic heterocycles. The molecule has 1 atom stereocenters. The average Bonchev–Trinajstić information content (AvgIpc) is 2.33. The lowest BCUT2D eigenvalue weighted by Gasteiger charge is -2.12. The summed E-state index contributed by atoms with van der Waals surface area (Å²) in [5.74, 6) is 0.737. The maximum atomic E-state index is 11.6. The Morgan fingerprint density at radius 1 is 1.44 bits per heavy atom. The Morgan fingerprint density at radius 2 is 2.17 bits per heavy atom. The van der Waals surface area contributed by atoms with Gasteiger partial charge in [-0.25, -0.2) is 13.1 Å². The second-order valence-corrected chi connectivity index (χ2v) is 6.33. The summed E-state index contributed by atoms with van der Waals surface area (Å²) in [6.45, 7) is 4.18. The van der Waals surface area contributed by atoms with Gasteiger partial charge in [0.25, 0.3) is 0 Å². The molecule has 0 saturated carbocycles. The molecule has 0 radical (unpaired) electrons. The summed E-state index contributed by atoms with van der Waals surface area (Å²) >= 11 is 0. The van der Waals surface area contributed by atoms with Crippen molar-refractivity contribution in [3.63, 3.8) is 0 Å². The van der Waals surface area contributed by atoms with Gasteiger partial charge >= 0.3 is 0 Å². The van der Waals surface area contributed by atoms with Crippen LogP contribution < -0.4 is 15.2 Å². The van der Waals surface area contributed by atoms with Crippen LogP contribution in [0.4, 0.5) is 0 Å². The molecule has 0 spiro atoms. The van der Waals surface area contributed by atoms with Gasteiger partial charge in [0.15, 0.2) is 0 Å². The zero-order valence-corrected chi connectivity index (χ0v) is 11.5. The van der Waals surface area contributed by atoms with Crippen LogP contribution in [-0.4, -0.2) is 33.4 Å². The Labute approximate surface area is 108 Å². The summed E-state index contributed by atoms with van der Waals surface area (Å²) in [5.41, 5.74) is 6.42. The number of nitrogens with one attached hydrogen (secondary N) is 1. The Hall–Kier alpha value is -1.11. The van der Waals surface area contributed by atoms with Crippen molar-refractivity contribution in [2.24, 2.45) is 5.73 Å². The minimum absolute atomic E-state index is 0.105. The summed E-state index contributed by atoms with van der Waals surface area (Å²) in [5, 5.41) is -0.587. The minimum atomic E-state index is -3.33. The van der Waals surface area contributed by atoms with Gasteiger partial charge in [-0.2, -0.15) is 0 Å². The Balaban J connectivity index is 2.35. The lowest BCUT2D eigenvalue weighted by Crippen LogP contribution is -2.38. The maximum absolute atomic E-state index is 11.6. The van der Waals surface area contributed by atoms with E-state index in [2.05, 4.69) is 4.72 Å². The zero-order chi connectivity index (χ0) is 13.6. The van der Waals surface area contributed by atoms with Crippen LogP contribution in [-0.2, 0) is 10.0 Å². The third-order valence-corrected chi connectivity index (χ3v) is 4.38. The van der Waals surface area contributed by atoms with E-state index in [-0.39, 0.29) is 13.1 Å². The van der Waals surface area contributed by atoms with Gasteiger partial charge in [-0.15, -0.1) is 0 Å². The summed E-state index contributed by atoms with van der Waals surface area (Å²) in [6.07, 6.45) is 0. The largest absolute Gasteiger partial charge is 0.492 e. The van der Waals surface area contributed by atoms with E-state index in [4.69, 9.17) is 10.5 Å². The highest BCUT2D eigenvalue weighted by Crippen LogP contribution is 2.11. The predicted molar refractivity (Wildman–Crippen MR) is 72.1 cm³/mol. The smallest absolute Gasteiger partial charge is 0.215 e. The first-order chi connectivity index (χ1) is 8.45. The molecule has 1 rings (SSSR count). The highest BCUT2D eigenvalue weighted by Gasteiger charge is 2.17. The van der Waals surface area contributed by atoms with Crippen LogP contribution >= 0.6 is 0 Å². The molecule has 0 amide bonds. The normalized spacial score (nSPS) is 13.3. The van der Waals surface area contributed by atoms with Crippen LogP contribution in [0.2, 0.25) is 0 Å². The summed E-state index contributed by atoms with van der Waals surface area (Å²) in [6, 6.07) is 7.60. The number of nitrogens with two attached hydrogens (primary N) is 1. The van der Waals surface area contributed by atoms with Crippen molar-refractivity contribution in [2.75, 3.05) is 19.7 Å². The highest BCUT2D eigenvalue weighted by atomic mass is 32.2. The van der Waals surface area contributed by atoms with E-state index in [0.717, 1.165) is 11.3 Å². The molecule has 0 heterocycles. The van der Waals surface area contributed by atoms with Crippen molar-refractivity contribution in [3.05, 3.63) is 29.8 Å². The number of ether oxygens (including phenoxy) is 1. The molecule has 0 aromatic heterocycles. The summed E-state index contributed by atoms with van der Waals surface area (Å²) < 4.78 is 31.1. The highest BCUT2D eigenvalue weighted by molar-refractivity contribution is 7.90. The number of hydrogen-bond donors (Lipinski definition) is 2. The number of rotatable bonds is 7. The maximum Gasteiger partial charge on any atom is 0.215 e. The average molecular weight is 272 g/mol.